The number of hydrogen-bond acceptors (Lipinski definition) is 7. The number of amides is 2. The van der Waals surface area contributed by atoms with Gasteiger partial charge in [0.15, 0.2) is 23.0 Å². The number of pyridine rings is 1. The van der Waals surface area contributed by atoms with E-state index in [1.165, 1.54) is 22.4 Å². The van der Waals surface area contributed by atoms with Crippen LogP contribution >= 0.6 is 0 Å². The van der Waals surface area contributed by atoms with E-state index in [9.17, 15) is 18.4 Å². The third-order valence-corrected chi connectivity index (χ3v) is 6.65. The van der Waals surface area contributed by atoms with Gasteiger partial charge in [-0.05, 0) is 24.3 Å². The summed E-state index contributed by atoms with van der Waals surface area (Å²) in [6.45, 7) is 2.55. The van der Waals surface area contributed by atoms with Crippen molar-refractivity contribution >= 4 is 23.3 Å². The Balaban J connectivity index is 1.27. The van der Waals surface area contributed by atoms with Crippen LogP contribution in [0.3, 0.4) is 0 Å². The highest BCUT2D eigenvalue weighted by Crippen LogP contribution is 2.31. The Hall–Kier alpha value is -4.45. The fourth-order valence-electron chi connectivity index (χ4n) is 4.80. The van der Waals surface area contributed by atoms with Gasteiger partial charge in [-0.25, -0.2) is 18.3 Å². The maximum absolute atomic E-state index is 14.7. The van der Waals surface area contributed by atoms with Crippen molar-refractivity contribution in [3.63, 3.8) is 0 Å². The van der Waals surface area contributed by atoms with Crippen LogP contribution < -0.4 is 10.1 Å². The van der Waals surface area contributed by atoms with Gasteiger partial charge in [0.1, 0.15) is 11.9 Å². The number of halogens is 2. The summed E-state index contributed by atoms with van der Waals surface area (Å²) >= 11 is 0. The second kappa shape index (κ2) is 10.0. The highest BCUT2D eigenvalue weighted by molar-refractivity contribution is 5.97. The van der Waals surface area contributed by atoms with Gasteiger partial charge in [0.05, 0.1) is 36.4 Å². The van der Waals surface area contributed by atoms with E-state index in [-0.39, 0.29) is 35.8 Å². The van der Waals surface area contributed by atoms with Crippen molar-refractivity contribution in [2.45, 2.75) is 32.4 Å². The number of carbonyl (C=O) groups excluding carboxylic acids is 2. The Morgan fingerprint density at radius 2 is 2.13 bits per heavy atom. The Bertz CT molecular complexity index is 1600. The van der Waals surface area contributed by atoms with Crippen LogP contribution in [-0.4, -0.2) is 62.2 Å². The molecule has 0 radical (unpaired) electrons. The zero-order valence-electron chi connectivity index (χ0n) is 21.0. The number of anilines is 1. The van der Waals surface area contributed by atoms with E-state index >= 15 is 0 Å². The molecule has 1 fully saturated rings. The van der Waals surface area contributed by atoms with Gasteiger partial charge in [-0.3, -0.25) is 14.6 Å². The molecule has 5 heterocycles. The molecule has 4 aromatic rings. The van der Waals surface area contributed by atoms with Gasteiger partial charge in [-0.15, -0.1) is 0 Å². The fraction of sp³-hybridized carbons (Fsp3) is 0.296. The molecule has 0 bridgehead atoms. The lowest BCUT2D eigenvalue weighted by molar-refractivity contribution is -0.114. The minimum atomic E-state index is -0.812. The number of benzene rings is 1. The van der Waals surface area contributed by atoms with Crippen LogP contribution in [0, 0.1) is 11.6 Å². The molecular weight excluding hydrogens is 510 g/mol. The number of hydrogen-bond donors (Lipinski definition) is 1. The number of nitrogens with zero attached hydrogens (tertiary/aromatic N) is 5. The average Bonchev–Trinajstić information content (AvgIpc) is 3.56. The van der Waals surface area contributed by atoms with Crippen molar-refractivity contribution in [2.24, 2.45) is 0 Å². The van der Waals surface area contributed by atoms with Gasteiger partial charge in [0.25, 0.3) is 5.91 Å². The van der Waals surface area contributed by atoms with E-state index in [0.717, 1.165) is 6.07 Å². The number of nitrogens with one attached hydrogen (secondary N) is 1. The predicted octanol–water partition coefficient (Wildman–Crippen LogP) is 3.39. The maximum Gasteiger partial charge on any atom is 0.256 e. The smallest absolute Gasteiger partial charge is 0.256 e. The Morgan fingerprint density at radius 3 is 2.92 bits per heavy atom. The van der Waals surface area contributed by atoms with Crippen molar-refractivity contribution in [2.75, 3.05) is 25.1 Å². The zero-order valence-corrected chi connectivity index (χ0v) is 21.0. The van der Waals surface area contributed by atoms with Crippen molar-refractivity contribution in [3.8, 4) is 17.0 Å². The van der Waals surface area contributed by atoms with Gasteiger partial charge in [-0.1, -0.05) is 0 Å². The molecule has 3 aromatic heterocycles. The van der Waals surface area contributed by atoms with Crippen molar-refractivity contribution in [1.29, 1.82) is 0 Å². The molecule has 6 rings (SSSR count). The fourth-order valence-corrected chi connectivity index (χ4v) is 4.80. The highest BCUT2D eigenvalue weighted by atomic mass is 19.1. The van der Waals surface area contributed by atoms with E-state index < -0.39 is 11.6 Å². The lowest BCUT2D eigenvalue weighted by Crippen LogP contribution is -2.37. The summed E-state index contributed by atoms with van der Waals surface area (Å²) in [5.74, 6) is -1.79. The van der Waals surface area contributed by atoms with Gasteiger partial charge >= 0.3 is 0 Å². The SMILES string of the molecule is CC(=O)Nc1cn2nc(-c3cnc4c(c3)C(=O)N(Cc3cc(F)cc(F)c3OC3CCOC3)CC4)ccc2n1. The highest BCUT2D eigenvalue weighted by Gasteiger charge is 2.29. The molecule has 1 saturated heterocycles. The third-order valence-electron chi connectivity index (χ3n) is 6.65. The second-order valence-electron chi connectivity index (χ2n) is 9.50. The standard InChI is InChI=1S/C27H24F2N6O4/c1-15(36)31-24-13-35-25(32-24)3-2-22(33-35)16-9-20-23(30-11-16)4-6-34(27(20)37)12-17-8-18(28)10-21(29)26(17)39-19-5-7-38-14-19/h2-3,8-11,13,19H,4-7,12,14H2,1H3,(H,31,36). The molecule has 0 spiro atoms. The van der Waals surface area contributed by atoms with Gasteiger partial charge in [0, 0.05) is 56.2 Å². The first-order valence-electron chi connectivity index (χ1n) is 12.5. The first-order chi connectivity index (χ1) is 18.8. The molecule has 2 amide bonds. The number of imidazole rings is 1. The van der Waals surface area contributed by atoms with Crippen LogP contribution in [0.2, 0.25) is 0 Å². The monoisotopic (exact) mass is 534 g/mol. The molecule has 2 aliphatic rings. The summed E-state index contributed by atoms with van der Waals surface area (Å²) in [6, 6.07) is 7.19. The van der Waals surface area contributed by atoms with E-state index in [1.807, 2.05) is 0 Å². The number of rotatable bonds is 6. The largest absolute Gasteiger partial charge is 0.484 e. The second-order valence-corrected chi connectivity index (χ2v) is 9.50. The molecule has 39 heavy (non-hydrogen) atoms. The molecule has 0 saturated carbocycles. The van der Waals surface area contributed by atoms with Gasteiger partial charge in [0.2, 0.25) is 5.91 Å². The number of carbonyl (C=O) groups is 2. The Morgan fingerprint density at radius 1 is 1.26 bits per heavy atom. The predicted molar refractivity (Wildman–Crippen MR) is 135 cm³/mol. The van der Waals surface area contributed by atoms with E-state index in [0.29, 0.717) is 66.6 Å². The minimum Gasteiger partial charge on any atom is -0.484 e. The number of aromatic nitrogens is 4. The first kappa shape index (κ1) is 24.9. The molecule has 1 N–H and O–H groups in total. The van der Waals surface area contributed by atoms with E-state index in [2.05, 4.69) is 20.4 Å². The molecule has 200 valence electrons. The van der Waals surface area contributed by atoms with Crippen molar-refractivity contribution in [1.82, 2.24) is 24.5 Å². The summed E-state index contributed by atoms with van der Waals surface area (Å²) in [5.41, 5.74) is 3.00. The quantitative estimate of drug-likeness (QED) is 0.404. The van der Waals surface area contributed by atoms with Crippen molar-refractivity contribution < 1.29 is 27.8 Å². The summed E-state index contributed by atoms with van der Waals surface area (Å²) in [7, 11) is 0. The molecule has 0 aliphatic carbocycles. The van der Waals surface area contributed by atoms with Crippen LogP contribution in [0.15, 0.2) is 42.7 Å². The minimum absolute atomic E-state index is 0.0226. The van der Waals surface area contributed by atoms with Crippen LogP contribution in [0.1, 0.15) is 35.0 Å². The number of fused-ring (bicyclic) bond motifs is 2. The summed E-state index contributed by atoms with van der Waals surface area (Å²) in [5, 5.41) is 7.16. The lowest BCUT2D eigenvalue weighted by atomic mass is 10.0. The van der Waals surface area contributed by atoms with Gasteiger partial charge < -0.3 is 19.7 Å². The number of ether oxygens (including phenoxy) is 2. The molecule has 1 unspecified atom stereocenters. The van der Waals surface area contributed by atoms with Crippen molar-refractivity contribution in [3.05, 3.63) is 71.2 Å². The first-order valence-corrected chi connectivity index (χ1v) is 12.5. The Kier molecular flexibility index (Phi) is 6.39. The summed E-state index contributed by atoms with van der Waals surface area (Å²) < 4.78 is 41.5. The molecule has 1 aromatic carbocycles. The zero-order chi connectivity index (χ0) is 27.1. The topological polar surface area (TPSA) is 111 Å². The van der Waals surface area contributed by atoms with E-state index in [4.69, 9.17) is 9.47 Å². The Labute approximate surface area is 221 Å². The van der Waals surface area contributed by atoms with Crippen LogP contribution in [0.4, 0.5) is 14.6 Å². The van der Waals surface area contributed by atoms with E-state index in [1.54, 1.807) is 30.6 Å². The summed E-state index contributed by atoms with van der Waals surface area (Å²) in [6.07, 6.45) is 4.00. The summed E-state index contributed by atoms with van der Waals surface area (Å²) in [4.78, 5) is 35.2. The molecule has 12 heteroatoms. The molecular formula is C27H24F2N6O4. The van der Waals surface area contributed by atoms with Gasteiger partial charge in [-0.2, -0.15) is 5.10 Å². The van der Waals surface area contributed by atoms with Crippen LogP contribution in [0.25, 0.3) is 16.9 Å². The molecule has 2 aliphatic heterocycles. The maximum atomic E-state index is 14.7. The normalized spacial score (nSPS) is 16.9. The molecule has 1 atom stereocenters. The lowest BCUT2D eigenvalue weighted by Gasteiger charge is -2.29. The van der Waals surface area contributed by atoms with Crippen LogP contribution in [-0.2, 0) is 22.5 Å². The third kappa shape index (κ3) is 5.02. The van der Waals surface area contributed by atoms with Crippen LogP contribution in [0.5, 0.6) is 5.75 Å². The average molecular weight is 535 g/mol. The molecule has 10 nitrogen and oxygen atoms in total.